The molecule has 6 heteroatoms. The first-order valence-corrected chi connectivity index (χ1v) is 6.00. The zero-order chi connectivity index (χ0) is 12.0. The van der Waals surface area contributed by atoms with E-state index in [0.29, 0.717) is 23.0 Å². The van der Waals surface area contributed by atoms with Gasteiger partial charge < -0.3 is 15.0 Å². The summed E-state index contributed by atoms with van der Waals surface area (Å²) in [4.78, 5) is 17.6. The molecule has 0 unspecified atom stereocenters. The van der Waals surface area contributed by atoms with Crippen LogP contribution in [0.3, 0.4) is 0 Å². The standard InChI is InChI=1S/C10H16BrN3O2/c1-7(2)12-4-3-5-16-10-8(11)9(15)13-6-14-10/h6-7,12H,3-5H2,1-2H3,(H,13,14,15). The van der Waals surface area contributed by atoms with E-state index in [0.717, 1.165) is 13.0 Å². The van der Waals surface area contributed by atoms with E-state index in [4.69, 9.17) is 4.74 Å². The predicted molar refractivity (Wildman–Crippen MR) is 65.8 cm³/mol. The maximum atomic E-state index is 11.2. The third-order valence-electron chi connectivity index (χ3n) is 1.88. The van der Waals surface area contributed by atoms with E-state index in [2.05, 4.69) is 45.1 Å². The van der Waals surface area contributed by atoms with Gasteiger partial charge in [-0.2, -0.15) is 0 Å². The van der Waals surface area contributed by atoms with E-state index in [9.17, 15) is 4.79 Å². The lowest BCUT2D eigenvalue weighted by Crippen LogP contribution is -2.25. The van der Waals surface area contributed by atoms with Gasteiger partial charge >= 0.3 is 0 Å². The second-order valence-electron chi connectivity index (χ2n) is 3.66. The van der Waals surface area contributed by atoms with Gasteiger partial charge in [0.1, 0.15) is 4.47 Å². The molecule has 1 heterocycles. The molecular weight excluding hydrogens is 274 g/mol. The fourth-order valence-electron chi connectivity index (χ4n) is 1.10. The van der Waals surface area contributed by atoms with Gasteiger partial charge in [-0.1, -0.05) is 13.8 Å². The number of hydrogen-bond donors (Lipinski definition) is 2. The molecule has 0 atom stereocenters. The lowest BCUT2D eigenvalue weighted by Gasteiger charge is -2.08. The minimum atomic E-state index is -0.231. The van der Waals surface area contributed by atoms with Crippen molar-refractivity contribution in [2.75, 3.05) is 13.2 Å². The third-order valence-corrected chi connectivity index (χ3v) is 2.58. The Morgan fingerprint density at radius 1 is 1.62 bits per heavy atom. The first-order valence-electron chi connectivity index (χ1n) is 5.20. The highest BCUT2D eigenvalue weighted by Crippen LogP contribution is 2.15. The molecule has 0 aliphatic carbocycles. The van der Waals surface area contributed by atoms with Crippen LogP contribution in [0.15, 0.2) is 15.6 Å². The van der Waals surface area contributed by atoms with Crippen molar-refractivity contribution in [3.63, 3.8) is 0 Å². The molecule has 2 N–H and O–H groups in total. The summed E-state index contributed by atoms with van der Waals surface area (Å²) < 4.78 is 5.72. The van der Waals surface area contributed by atoms with Crippen LogP contribution in [0.2, 0.25) is 0 Å². The van der Waals surface area contributed by atoms with Crippen molar-refractivity contribution in [3.8, 4) is 5.88 Å². The first-order chi connectivity index (χ1) is 7.61. The summed E-state index contributed by atoms with van der Waals surface area (Å²) in [6, 6.07) is 0.476. The predicted octanol–water partition coefficient (Wildman–Crippen LogP) is 1.30. The molecule has 90 valence electrons. The number of halogens is 1. The topological polar surface area (TPSA) is 67.0 Å². The summed E-state index contributed by atoms with van der Waals surface area (Å²) in [6.07, 6.45) is 2.20. The number of ether oxygens (including phenoxy) is 1. The summed E-state index contributed by atoms with van der Waals surface area (Å²) >= 11 is 3.13. The fraction of sp³-hybridized carbons (Fsp3) is 0.600. The highest BCUT2D eigenvalue weighted by atomic mass is 79.9. The van der Waals surface area contributed by atoms with E-state index in [1.54, 1.807) is 0 Å². The molecule has 0 spiro atoms. The Bertz CT molecular complexity index is 379. The molecule has 16 heavy (non-hydrogen) atoms. The highest BCUT2D eigenvalue weighted by Gasteiger charge is 2.05. The van der Waals surface area contributed by atoms with E-state index in [-0.39, 0.29) is 5.56 Å². The summed E-state index contributed by atoms with van der Waals surface area (Å²) in [7, 11) is 0. The Kier molecular flexibility index (Phi) is 5.48. The second-order valence-corrected chi connectivity index (χ2v) is 4.45. The van der Waals surface area contributed by atoms with Gasteiger partial charge in [-0.25, -0.2) is 4.98 Å². The lowest BCUT2D eigenvalue weighted by molar-refractivity contribution is 0.292. The molecule has 0 amide bonds. The van der Waals surface area contributed by atoms with Crippen LogP contribution in [0.5, 0.6) is 5.88 Å². The van der Waals surface area contributed by atoms with Gasteiger partial charge in [-0.15, -0.1) is 0 Å². The van der Waals surface area contributed by atoms with Crippen LogP contribution < -0.4 is 15.6 Å². The smallest absolute Gasteiger partial charge is 0.268 e. The van der Waals surface area contributed by atoms with Crippen molar-refractivity contribution in [1.29, 1.82) is 0 Å². The number of nitrogens with one attached hydrogen (secondary N) is 2. The van der Waals surface area contributed by atoms with Crippen LogP contribution in [0, 0.1) is 0 Å². The summed E-state index contributed by atoms with van der Waals surface area (Å²) in [5.41, 5.74) is -0.231. The molecule has 0 aliphatic rings. The zero-order valence-electron chi connectivity index (χ0n) is 9.42. The quantitative estimate of drug-likeness (QED) is 0.775. The van der Waals surface area contributed by atoms with Gasteiger partial charge in [0, 0.05) is 6.04 Å². The lowest BCUT2D eigenvalue weighted by atomic mass is 10.3. The number of aromatic amines is 1. The Labute approximate surface area is 103 Å². The number of hydrogen-bond acceptors (Lipinski definition) is 4. The van der Waals surface area contributed by atoms with E-state index in [1.807, 2.05) is 0 Å². The van der Waals surface area contributed by atoms with Crippen molar-refractivity contribution in [3.05, 3.63) is 21.2 Å². The SMILES string of the molecule is CC(C)NCCCOc1nc[nH]c(=O)c1Br. The maximum Gasteiger partial charge on any atom is 0.268 e. The van der Waals surface area contributed by atoms with Gasteiger partial charge in [0.25, 0.3) is 5.56 Å². The molecule has 0 aromatic carbocycles. The molecule has 0 aliphatic heterocycles. The molecule has 0 fully saturated rings. The Hall–Kier alpha value is -0.880. The van der Waals surface area contributed by atoms with Crippen molar-refractivity contribution >= 4 is 15.9 Å². The summed E-state index contributed by atoms with van der Waals surface area (Å²) in [5.74, 6) is 0.341. The Morgan fingerprint density at radius 2 is 2.38 bits per heavy atom. The monoisotopic (exact) mass is 289 g/mol. The molecule has 0 saturated heterocycles. The third kappa shape index (κ3) is 4.32. The van der Waals surface area contributed by atoms with Crippen LogP contribution >= 0.6 is 15.9 Å². The maximum absolute atomic E-state index is 11.2. The number of nitrogens with zero attached hydrogens (tertiary/aromatic N) is 1. The molecule has 0 saturated carbocycles. The van der Waals surface area contributed by atoms with Gasteiger partial charge in [0.2, 0.25) is 5.88 Å². The normalized spacial score (nSPS) is 10.8. The molecule has 5 nitrogen and oxygen atoms in total. The number of aromatic nitrogens is 2. The average Bonchev–Trinajstić information content (AvgIpc) is 2.23. The summed E-state index contributed by atoms with van der Waals surface area (Å²) in [6.45, 7) is 5.61. The molecule has 0 bridgehead atoms. The van der Waals surface area contributed by atoms with Crippen LogP contribution in [0.1, 0.15) is 20.3 Å². The first kappa shape index (κ1) is 13.2. The van der Waals surface area contributed by atoms with Crippen LogP contribution in [0.25, 0.3) is 0 Å². The summed E-state index contributed by atoms with van der Waals surface area (Å²) in [5, 5.41) is 3.28. The van der Waals surface area contributed by atoms with E-state index >= 15 is 0 Å². The van der Waals surface area contributed by atoms with Gasteiger partial charge in [-0.05, 0) is 28.9 Å². The highest BCUT2D eigenvalue weighted by molar-refractivity contribution is 9.10. The zero-order valence-corrected chi connectivity index (χ0v) is 11.0. The van der Waals surface area contributed by atoms with Crippen LogP contribution in [-0.2, 0) is 0 Å². The van der Waals surface area contributed by atoms with Gasteiger partial charge in [-0.3, -0.25) is 4.79 Å². The Balaban J connectivity index is 2.32. The molecule has 0 radical (unpaired) electrons. The van der Waals surface area contributed by atoms with Crippen molar-refractivity contribution in [2.45, 2.75) is 26.3 Å². The molecular formula is C10H16BrN3O2. The Morgan fingerprint density at radius 3 is 3.06 bits per heavy atom. The largest absolute Gasteiger partial charge is 0.477 e. The van der Waals surface area contributed by atoms with Crippen LogP contribution in [-0.4, -0.2) is 29.2 Å². The fourth-order valence-corrected chi connectivity index (χ4v) is 1.43. The second kappa shape index (κ2) is 6.65. The van der Waals surface area contributed by atoms with Crippen molar-refractivity contribution < 1.29 is 4.74 Å². The van der Waals surface area contributed by atoms with E-state index in [1.165, 1.54) is 6.33 Å². The number of H-pyrrole nitrogens is 1. The van der Waals surface area contributed by atoms with Crippen molar-refractivity contribution in [2.24, 2.45) is 0 Å². The molecule has 1 aromatic rings. The molecule has 1 aromatic heterocycles. The molecule has 1 rings (SSSR count). The van der Waals surface area contributed by atoms with Gasteiger partial charge in [0.15, 0.2) is 0 Å². The van der Waals surface area contributed by atoms with E-state index < -0.39 is 0 Å². The average molecular weight is 290 g/mol. The number of rotatable bonds is 6. The van der Waals surface area contributed by atoms with Crippen molar-refractivity contribution in [1.82, 2.24) is 15.3 Å². The minimum absolute atomic E-state index is 0.231. The van der Waals surface area contributed by atoms with Crippen LogP contribution in [0.4, 0.5) is 0 Å². The minimum Gasteiger partial charge on any atom is -0.477 e. The van der Waals surface area contributed by atoms with Gasteiger partial charge in [0.05, 0.1) is 12.9 Å².